The first-order valence-electron chi connectivity index (χ1n) is 8.46. The Kier molecular flexibility index (Phi) is 4.88. The largest absolute Gasteiger partial charge is 0.480 e. The third-order valence-electron chi connectivity index (χ3n) is 4.81. The number of carbonyl (C=O) groups excluding carboxylic acids is 1. The van der Waals surface area contributed by atoms with Crippen molar-refractivity contribution in [2.75, 3.05) is 19.6 Å². The number of carboxylic acids is 1. The fourth-order valence-electron chi connectivity index (χ4n) is 3.47. The lowest BCUT2D eigenvalue weighted by Gasteiger charge is -2.32. The molecule has 1 aromatic heterocycles. The highest BCUT2D eigenvalue weighted by Crippen LogP contribution is 2.28. The van der Waals surface area contributed by atoms with Gasteiger partial charge < -0.3 is 14.4 Å². The van der Waals surface area contributed by atoms with Crippen molar-refractivity contribution in [1.82, 2.24) is 9.21 Å². The summed E-state index contributed by atoms with van der Waals surface area (Å²) in [6.45, 7) is 2.75. The van der Waals surface area contributed by atoms with Crippen molar-refractivity contribution < 1.29 is 27.5 Å². The van der Waals surface area contributed by atoms with Crippen molar-refractivity contribution >= 4 is 21.9 Å². The standard InChI is InChI=1S/C16H22N2O6S/c1-11-14(25(22,23)17-7-4-5-8-17)10-13(24-11)15(19)18-9-3-2-6-12(18)16(20)21/h10,12H,2-9H2,1H3,(H,20,21). The average Bonchev–Trinajstić information content (AvgIpc) is 3.24. The topological polar surface area (TPSA) is 108 Å². The minimum absolute atomic E-state index is 0.0124. The van der Waals surface area contributed by atoms with Crippen LogP contribution in [0, 0.1) is 6.92 Å². The van der Waals surface area contributed by atoms with Crippen molar-refractivity contribution in [2.24, 2.45) is 0 Å². The van der Waals surface area contributed by atoms with E-state index in [9.17, 15) is 23.1 Å². The molecule has 1 aromatic rings. The highest BCUT2D eigenvalue weighted by atomic mass is 32.2. The van der Waals surface area contributed by atoms with Gasteiger partial charge in [0.05, 0.1) is 0 Å². The molecule has 25 heavy (non-hydrogen) atoms. The zero-order valence-corrected chi connectivity index (χ0v) is 14.9. The Morgan fingerprint density at radius 2 is 1.80 bits per heavy atom. The van der Waals surface area contributed by atoms with Crippen molar-refractivity contribution in [3.05, 3.63) is 17.6 Å². The molecule has 2 aliphatic rings. The molecule has 1 N–H and O–H groups in total. The van der Waals surface area contributed by atoms with E-state index in [1.54, 1.807) is 0 Å². The number of nitrogens with zero attached hydrogens (tertiary/aromatic N) is 2. The van der Waals surface area contributed by atoms with Crippen LogP contribution in [-0.2, 0) is 14.8 Å². The maximum Gasteiger partial charge on any atom is 0.326 e. The molecule has 0 aromatic carbocycles. The summed E-state index contributed by atoms with van der Waals surface area (Å²) in [7, 11) is -3.69. The summed E-state index contributed by atoms with van der Waals surface area (Å²) in [5.41, 5.74) is 0. The Balaban J connectivity index is 1.89. The summed E-state index contributed by atoms with van der Waals surface area (Å²) < 4.78 is 32.2. The van der Waals surface area contributed by atoms with Crippen molar-refractivity contribution in [2.45, 2.75) is 50.0 Å². The number of carbonyl (C=O) groups is 2. The summed E-state index contributed by atoms with van der Waals surface area (Å²) >= 11 is 0. The highest BCUT2D eigenvalue weighted by molar-refractivity contribution is 7.89. The number of sulfonamides is 1. The molecule has 3 rings (SSSR count). The molecule has 1 atom stereocenters. The van der Waals surface area contributed by atoms with Crippen molar-refractivity contribution in [1.29, 1.82) is 0 Å². The van der Waals surface area contributed by atoms with E-state index < -0.39 is 27.9 Å². The van der Waals surface area contributed by atoms with Crippen LogP contribution in [0.2, 0.25) is 0 Å². The number of hydrogen-bond acceptors (Lipinski definition) is 5. The first kappa shape index (κ1) is 17.9. The maximum atomic E-state index is 12.7. The van der Waals surface area contributed by atoms with E-state index >= 15 is 0 Å². The van der Waals surface area contributed by atoms with Crippen molar-refractivity contribution in [3.63, 3.8) is 0 Å². The molecular weight excluding hydrogens is 348 g/mol. The van der Waals surface area contributed by atoms with Gasteiger partial charge in [-0.3, -0.25) is 4.79 Å². The Hall–Kier alpha value is -1.87. The van der Waals surface area contributed by atoms with Crippen LogP contribution < -0.4 is 0 Å². The number of aliphatic carboxylic acids is 1. The average molecular weight is 370 g/mol. The summed E-state index contributed by atoms with van der Waals surface area (Å²) in [5.74, 6) is -1.60. The van der Waals surface area contributed by atoms with Crippen LogP contribution in [0.3, 0.4) is 0 Å². The number of furan rings is 1. The zero-order valence-electron chi connectivity index (χ0n) is 14.1. The van der Waals surface area contributed by atoms with Crippen LogP contribution in [0.5, 0.6) is 0 Å². The van der Waals surface area contributed by atoms with Gasteiger partial charge in [0.25, 0.3) is 5.91 Å². The summed E-state index contributed by atoms with van der Waals surface area (Å²) in [6.07, 6.45) is 3.48. The van der Waals surface area contributed by atoms with E-state index in [0.717, 1.165) is 19.3 Å². The molecule has 0 aliphatic carbocycles. The summed E-state index contributed by atoms with van der Waals surface area (Å²) in [6, 6.07) is 0.337. The van der Waals surface area contributed by atoms with E-state index in [2.05, 4.69) is 0 Å². The molecule has 2 saturated heterocycles. The molecule has 0 radical (unpaired) electrons. The van der Waals surface area contributed by atoms with Crippen LogP contribution in [0.4, 0.5) is 0 Å². The predicted molar refractivity (Wildman–Crippen MR) is 87.7 cm³/mol. The van der Waals surface area contributed by atoms with E-state index in [4.69, 9.17) is 4.42 Å². The fourth-order valence-corrected chi connectivity index (χ4v) is 5.15. The Bertz CT molecular complexity index is 779. The Morgan fingerprint density at radius 1 is 1.16 bits per heavy atom. The highest BCUT2D eigenvalue weighted by Gasteiger charge is 2.36. The number of hydrogen-bond donors (Lipinski definition) is 1. The van der Waals surface area contributed by atoms with Gasteiger partial charge in [0.1, 0.15) is 16.7 Å². The van der Waals surface area contributed by atoms with Gasteiger partial charge in [-0.15, -0.1) is 0 Å². The Morgan fingerprint density at radius 3 is 2.44 bits per heavy atom. The molecular formula is C16H22N2O6S. The minimum Gasteiger partial charge on any atom is -0.480 e. The third kappa shape index (κ3) is 3.30. The molecule has 0 saturated carbocycles. The second-order valence-corrected chi connectivity index (χ2v) is 8.40. The van der Waals surface area contributed by atoms with Crippen LogP contribution in [0.25, 0.3) is 0 Å². The molecule has 1 unspecified atom stereocenters. The number of piperidine rings is 1. The van der Waals surface area contributed by atoms with E-state index in [-0.39, 0.29) is 16.4 Å². The molecule has 3 heterocycles. The molecule has 8 nitrogen and oxygen atoms in total. The predicted octanol–water partition coefficient (Wildman–Crippen LogP) is 1.45. The lowest BCUT2D eigenvalue weighted by molar-refractivity contribution is -0.143. The second kappa shape index (κ2) is 6.80. The Labute approximate surface area is 146 Å². The fraction of sp³-hybridized carbons (Fsp3) is 0.625. The number of likely N-dealkylation sites (tertiary alicyclic amines) is 1. The number of amides is 1. The molecule has 138 valence electrons. The van der Waals surface area contributed by atoms with Gasteiger partial charge in [-0.25, -0.2) is 13.2 Å². The number of carboxylic acid groups (broad SMARTS) is 1. The molecule has 0 spiro atoms. The second-order valence-electron chi connectivity index (χ2n) is 6.49. The van der Waals surface area contributed by atoms with Crippen molar-refractivity contribution in [3.8, 4) is 0 Å². The molecule has 9 heteroatoms. The van der Waals surface area contributed by atoms with Gasteiger partial charge in [-0.05, 0) is 39.0 Å². The maximum absolute atomic E-state index is 12.7. The van der Waals surface area contributed by atoms with Gasteiger partial charge in [-0.2, -0.15) is 4.31 Å². The molecule has 2 fully saturated rings. The van der Waals surface area contributed by atoms with Gasteiger partial charge in [0, 0.05) is 25.7 Å². The number of rotatable bonds is 4. The quantitative estimate of drug-likeness (QED) is 0.859. The lowest BCUT2D eigenvalue weighted by Crippen LogP contribution is -2.47. The van der Waals surface area contributed by atoms with E-state index in [1.165, 1.54) is 22.2 Å². The van der Waals surface area contributed by atoms with Gasteiger partial charge >= 0.3 is 5.97 Å². The monoisotopic (exact) mass is 370 g/mol. The molecule has 0 bridgehead atoms. The first-order chi connectivity index (χ1) is 11.8. The van der Waals surface area contributed by atoms with Crippen LogP contribution in [-0.4, -0.2) is 60.3 Å². The first-order valence-corrected chi connectivity index (χ1v) is 9.90. The third-order valence-corrected chi connectivity index (χ3v) is 6.82. The lowest BCUT2D eigenvalue weighted by atomic mass is 10.0. The molecule has 1 amide bonds. The van der Waals surface area contributed by atoms with Gasteiger partial charge in [-0.1, -0.05) is 0 Å². The van der Waals surface area contributed by atoms with Gasteiger partial charge in [0.2, 0.25) is 10.0 Å². The van der Waals surface area contributed by atoms with Gasteiger partial charge in [0.15, 0.2) is 5.76 Å². The van der Waals surface area contributed by atoms with Crippen LogP contribution >= 0.6 is 0 Å². The van der Waals surface area contributed by atoms with Crippen LogP contribution in [0.15, 0.2) is 15.4 Å². The summed E-state index contributed by atoms with van der Waals surface area (Å²) in [4.78, 5) is 25.3. The zero-order chi connectivity index (χ0) is 18.2. The van der Waals surface area contributed by atoms with E-state index in [0.29, 0.717) is 32.5 Å². The minimum atomic E-state index is -3.69. The normalized spacial score (nSPS) is 22.3. The smallest absolute Gasteiger partial charge is 0.326 e. The van der Waals surface area contributed by atoms with E-state index in [1.807, 2.05) is 0 Å². The SMILES string of the molecule is Cc1oc(C(=O)N2CCCCC2C(=O)O)cc1S(=O)(=O)N1CCCC1. The summed E-state index contributed by atoms with van der Waals surface area (Å²) in [5, 5.41) is 9.31. The number of aryl methyl sites for hydroxylation is 1. The molecule has 2 aliphatic heterocycles. The van der Waals surface area contributed by atoms with Crippen LogP contribution in [0.1, 0.15) is 48.4 Å².